The molecule has 0 saturated heterocycles. The second kappa shape index (κ2) is 6.95. The van der Waals surface area contributed by atoms with Gasteiger partial charge >= 0.3 is 6.18 Å². The van der Waals surface area contributed by atoms with E-state index in [4.69, 9.17) is 4.74 Å². The number of benzene rings is 1. The van der Waals surface area contributed by atoms with Gasteiger partial charge in [-0.15, -0.1) is 0 Å². The predicted molar refractivity (Wildman–Crippen MR) is 70.7 cm³/mol. The molecule has 0 bridgehead atoms. The minimum absolute atomic E-state index is 0.0790. The first kappa shape index (κ1) is 16.8. The number of hydrogen-bond donors (Lipinski definition) is 1. The highest BCUT2D eigenvalue weighted by Crippen LogP contribution is 2.23. The third kappa shape index (κ3) is 5.38. The predicted octanol–water partition coefficient (Wildman–Crippen LogP) is 3.00. The number of nitrogens with zero attached hydrogens (tertiary/aromatic N) is 1. The molecule has 0 spiro atoms. The van der Waals surface area contributed by atoms with Gasteiger partial charge in [-0.25, -0.2) is 0 Å². The molecule has 1 unspecified atom stereocenters. The van der Waals surface area contributed by atoms with E-state index in [0.717, 1.165) is 0 Å². The first-order chi connectivity index (χ1) is 9.23. The van der Waals surface area contributed by atoms with Crippen LogP contribution in [0.4, 0.5) is 13.2 Å². The Bertz CT molecular complexity index is 421. The van der Waals surface area contributed by atoms with Gasteiger partial charge in [0.05, 0.1) is 19.8 Å². The van der Waals surface area contributed by atoms with Crippen LogP contribution in [-0.4, -0.2) is 42.4 Å². The minimum Gasteiger partial charge on any atom is -0.497 e. The summed E-state index contributed by atoms with van der Waals surface area (Å²) in [7, 11) is 1.50. The molecule has 20 heavy (non-hydrogen) atoms. The van der Waals surface area contributed by atoms with Gasteiger partial charge < -0.3 is 9.84 Å². The molecule has 1 aromatic carbocycles. The Morgan fingerprint density at radius 1 is 1.30 bits per heavy atom. The number of aliphatic hydroxyl groups is 1. The van der Waals surface area contributed by atoms with Crippen LogP contribution in [0.25, 0.3) is 0 Å². The molecule has 1 N–H and O–H groups in total. The second-order valence-corrected chi connectivity index (χ2v) is 4.93. The van der Waals surface area contributed by atoms with E-state index in [1.165, 1.54) is 12.0 Å². The van der Waals surface area contributed by atoms with Crippen LogP contribution in [0.15, 0.2) is 24.3 Å². The van der Waals surface area contributed by atoms with Crippen molar-refractivity contribution in [1.82, 2.24) is 4.90 Å². The molecule has 0 fully saturated rings. The van der Waals surface area contributed by atoms with Gasteiger partial charge in [0.25, 0.3) is 0 Å². The van der Waals surface area contributed by atoms with E-state index in [0.29, 0.717) is 11.3 Å². The van der Waals surface area contributed by atoms with Gasteiger partial charge in [0.2, 0.25) is 0 Å². The number of hydrogen-bond acceptors (Lipinski definition) is 3. The van der Waals surface area contributed by atoms with Crippen molar-refractivity contribution in [3.05, 3.63) is 29.8 Å². The van der Waals surface area contributed by atoms with E-state index in [2.05, 4.69) is 0 Å². The Balaban J connectivity index is 2.77. The van der Waals surface area contributed by atoms with Crippen LogP contribution in [0.5, 0.6) is 5.75 Å². The van der Waals surface area contributed by atoms with Crippen molar-refractivity contribution in [3.8, 4) is 5.75 Å². The van der Waals surface area contributed by atoms with E-state index in [1.807, 2.05) is 0 Å². The minimum atomic E-state index is -4.28. The fourth-order valence-electron chi connectivity index (χ4n) is 1.86. The summed E-state index contributed by atoms with van der Waals surface area (Å²) in [6, 6.07) is 6.39. The summed E-state index contributed by atoms with van der Waals surface area (Å²) in [6.07, 6.45) is -5.27. The van der Waals surface area contributed by atoms with Crippen molar-refractivity contribution < 1.29 is 23.0 Å². The Morgan fingerprint density at radius 3 is 2.45 bits per heavy atom. The summed E-state index contributed by atoms with van der Waals surface area (Å²) in [5, 5.41) is 10.1. The van der Waals surface area contributed by atoms with Crippen LogP contribution in [0.2, 0.25) is 0 Å². The van der Waals surface area contributed by atoms with Crippen LogP contribution >= 0.6 is 0 Å². The average molecular weight is 291 g/mol. The lowest BCUT2D eigenvalue weighted by Crippen LogP contribution is -2.41. The van der Waals surface area contributed by atoms with Gasteiger partial charge in [-0.1, -0.05) is 12.1 Å². The topological polar surface area (TPSA) is 32.7 Å². The molecular weight excluding hydrogens is 271 g/mol. The summed E-state index contributed by atoms with van der Waals surface area (Å²) >= 11 is 0. The number of aliphatic hydroxyl groups excluding tert-OH is 1. The van der Waals surface area contributed by atoms with Crippen molar-refractivity contribution in [1.29, 1.82) is 0 Å². The largest absolute Gasteiger partial charge is 0.497 e. The zero-order valence-electron chi connectivity index (χ0n) is 11.8. The molecular formula is C14H20F3NO2. The molecule has 6 heteroatoms. The van der Waals surface area contributed by atoms with Crippen molar-refractivity contribution >= 4 is 0 Å². The highest BCUT2D eigenvalue weighted by molar-refractivity contribution is 5.29. The Kier molecular flexibility index (Phi) is 5.83. The van der Waals surface area contributed by atoms with Crippen LogP contribution in [0, 0.1) is 0 Å². The normalized spacial score (nSPS) is 13.8. The maximum atomic E-state index is 12.5. The zero-order chi connectivity index (χ0) is 15.3. The molecule has 3 nitrogen and oxygen atoms in total. The van der Waals surface area contributed by atoms with Gasteiger partial charge in [-0.05, 0) is 31.5 Å². The Labute approximate surface area is 117 Å². The van der Waals surface area contributed by atoms with Crippen molar-refractivity contribution in [2.75, 3.05) is 20.2 Å². The second-order valence-electron chi connectivity index (χ2n) is 4.93. The number of halogens is 3. The third-order valence-corrected chi connectivity index (χ3v) is 3.00. The van der Waals surface area contributed by atoms with Crippen LogP contribution in [0.3, 0.4) is 0 Å². The lowest BCUT2D eigenvalue weighted by molar-refractivity contribution is -0.152. The molecule has 0 aliphatic heterocycles. The highest BCUT2D eigenvalue weighted by Gasteiger charge is 2.32. The van der Waals surface area contributed by atoms with E-state index in [-0.39, 0.29) is 12.6 Å². The number of alkyl halides is 3. The van der Waals surface area contributed by atoms with Crippen molar-refractivity contribution in [3.63, 3.8) is 0 Å². The Hall–Kier alpha value is -1.27. The van der Waals surface area contributed by atoms with Gasteiger partial charge in [0, 0.05) is 12.6 Å². The number of methoxy groups -OCH3 is 1. The molecule has 0 aliphatic rings. The summed E-state index contributed by atoms with van der Waals surface area (Å²) < 4.78 is 42.5. The maximum absolute atomic E-state index is 12.5. The van der Waals surface area contributed by atoms with Crippen LogP contribution in [-0.2, 0) is 0 Å². The third-order valence-electron chi connectivity index (χ3n) is 3.00. The maximum Gasteiger partial charge on any atom is 0.401 e. The average Bonchev–Trinajstić information content (AvgIpc) is 2.36. The van der Waals surface area contributed by atoms with E-state index < -0.39 is 18.8 Å². The van der Waals surface area contributed by atoms with Gasteiger partial charge in [0.1, 0.15) is 5.75 Å². The molecule has 0 saturated carbocycles. The molecule has 0 aliphatic carbocycles. The molecule has 1 rings (SSSR count). The molecule has 1 aromatic rings. The van der Waals surface area contributed by atoms with Crippen molar-refractivity contribution in [2.45, 2.75) is 32.2 Å². The fourth-order valence-corrected chi connectivity index (χ4v) is 1.86. The summed E-state index contributed by atoms with van der Waals surface area (Å²) in [5.41, 5.74) is 0.539. The molecule has 114 valence electrons. The highest BCUT2D eigenvalue weighted by atomic mass is 19.4. The lowest BCUT2D eigenvalue weighted by atomic mass is 10.1. The summed E-state index contributed by atoms with van der Waals surface area (Å²) in [4.78, 5) is 1.20. The molecule has 0 aromatic heterocycles. The zero-order valence-corrected chi connectivity index (χ0v) is 11.8. The number of ether oxygens (including phenoxy) is 1. The van der Waals surface area contributed by atoms with E-state index >= 15 is 0 Å². The first-order valence-corrected chi connectivity index (χ1v) is 6.35. The number of rotatable bonds is 6. The van der Waals surface area contributed by atoms with Crippen LogP contribution in [0.1, 0.15) is 25.5 Å². The molecule has 0 radical (unpaired) electrons. The van der Waals surface area contributed by atoms with Gasteiger partial charge in [-0.2, -0.15) is 13.2 Å². The van der Waals surface area contributed by atoms with Crippen LogP contribution < -0.4 is 4.74 Å². The monoisotopic (exact) mass is 291 g/mol. The van der Waals surface area contributed by atoms with E-state index in [1.54, 1.807) is 38.1 Å². The Morgan fingerprint density at radius 2 is 1.95 bits per heavy atom. The molecule has 0 amide bonds. The molecule has 0 heterocycles. The quantitative estimate of drug-likeness (QED) is 0.874. The first-order valence-electron chi connectivity index (χ1n) is 6.35. The van der Waals surface area contributed by atoms with Gasteiger partial charge in [0.15, 0.2) is 0 Å². The molecule has 1 atom stereocenters. The van der Waals surface area contributed by atoms with Gasteiger partial charge in [-0.3, -0.25) is 4.90 Å². The van der Waals surface area contributed by atoms with Crippen molar-refractivity contribution in [2.24, 2.45) is 0 Å². The SMILES string of the molecule is COc1cccc(C(O)CN(CC(F)(F)F)C(C)C)c1. The standard InChI is InChI=1S/C14H20F3NO2/c1-10(2)18(9-14(15,16)17)8-13(19)11-5-4-6-12(7-11)20-3/h4-7,10,13,19H,8-9H2,1-3H3. The fraction of sp³-hybridized carbons (Fsp3) is 0.571. The van der Waals surface area contributed by atoms with E-state index in [9.17, 15) is 18.3 Å². The summed E-state index contributed by atoms with van der Waals surface area (Å²) in [6.45, 7) is 2.23. The smallest absolute Gasteiger partial charge is 0.401 e. The lowest BCUT2D eigenvalue weighted by Gasteiger charge is -2.29. The summed E-state index contributed by atoms with van der Waals surface area (Å²) in [5.74, 6) is 0.563.